The lowest BCUT2D eigenvalue weighted by Crippen LogP contribution is -2.38. The van der Waals surface area contributed by atoms with Gasteiger partial charge in [-0.05, 0) is 19.8 Å². The van der Waals surface area contributed by atoms with Crippen molar-refractivity contribution in [2.75, 3.05) is 38.9 Å². The number of ether oxygens (including phenoxy) is 2. The van der Waals surface area contributed by atoms with E-state index >= 15 is 0 Å². The van der Waals surface area contributed by atoms with Gasteiger partial charge in [-0.1, -0.05) is 0 Å². The lowest BCUT2D eigenvalue weighted by Gasteiger charge is -2.28. The Bertz CT molecular complexity index is 396. The molecule has 114 valence electrons. The highest BCUT2D eigenvalue weighted by molar-refractivity contribution is 7.13. The molecule has 0 aliphatic heterocycles. The van der Waals surface area contributed by atoms with Crippen molar-refractivity contribution >= 4 is 16.5 Å². The van der Waals surface area contributed by atoms with Gasteiger partial charge in [-0.3, -0.25) is 0 Å². The molecule has 1 heterocycles. The number of thiazole rings is 1. The average molecular weight is 299 g/mol. The van der Waals surface area contributed by atoms with E-state index in [4.69, 9.17) is 14.5 Å². The summed E-state index contributed by atoms with van der Waals surface area (Å²) in [6.45, 7) is 5.26. The second-order valence-corrected chi connectivity index (χ2v) is 6.10. The van der Waals surface area contributed by atoms with Crippen molar-refractivity contribution in [2.24, 2.45) is 0 Å². The van der Waals surface area contributed by atoms with E-state index in [9.17, 15) is 0 Å². The van der Waals surface area contributed by atoms with Crippen LogP contribution in [0.15, 0.2) is 5.38 Å². The van der Waals surface area contributed by atoms with E-state index in [1.54, 1.807) is 25.6 Å². The summed E-state index contributed by atoms with van der Waals surface area (Å²) in [7, 11) is 3.46. The molecular formula is C14H25N3O2S. The third kappa shape index (κ3) is 4.70. The Labute approximate surface area is 125 Å². The predicted molar refractivity (Wildman–Crippen MR) is 82.5 cm³/mol. The number of hydrogen-bond donors (Lipinski definition) is 1. The number of hydrogen-bond acceptors (Lipinski definition) is 6. The summed E-state index contributed by atoms with van der Waals surface area (Å²) in [5, 5.41) is 6.70. The zero-order valence-corrected chi connectivity index (χ0v) is 13.4. The molecule has 0 amide bonds. The second-order valence-electron chi connectivity index (χ2n) is 5.27. The zero-order chi connectivity index (χ0) is 14.4. The number of nitrogens with zero attached hydrogens (tertiary/aromatic N) is 2. The van der Waals surface area contributed by atoms with Crippen LogP contribution >= 0.6 is 11.3 Å². The van der Waals surface area contributed by atoms with Crippen molar-refractivity contribution in [3.05, 3.63) is 11.1 Å². The van der Waals surface area contributed by atoms with Gasteiger partial charge in [0.15, 0.2) is 5.13 Å². The number of anilines is 1. The maximum Gasteiger partial charge on any atom is 0.185 e. The van der Waals surface area contributed by atoms with Crippen molar-refractivity contribution in [1.29, 1.82) is 0 Å². The minimum absolute atomic E-state index is 0.297. The normalized spacial score (nSPS) is 16.4. The molecule has 1 aliphatic rings. The highest BCUT2D eigenvalue weighted by atomic mass is 32.1. The molecule has 20 heavy (non-hydrogen) atoms. The summed E-state index contributed by atoms with van der Waals surface area (Å²) in [6, 6.07) is 1.02. The minimum Gasteiger partial charge on any atom is -0.383 e. The SMILES string of the molecule is COCCN(c1nc(CNC2CC2)cs1)C(C)COC. The van der Waals surface area contributed by atoms with Gasteiger partial charge in [-0.15, -0.1) is 11.3 Å². The van der Waals surface area contributed by atoms with Crippen LogP contribution in [0.4, 0.5) is 5.13 Å². The predicted octanol–water partition coefficient (Wildman–Crippen LogP) is 1.88. The number of aromatic nitrogens is 1. The third-order valence-corrected chi connectivity index (χ3v) is 4.34. The Morgan fingerprint density at radius 1 is 1.45 bits per heavy atom. The van der Waals surface area contributed by atoms with Gasteiger partial charge < -0.3 is 19.7 Å². The van der Waals surface area contributed by atoms with Crippen molar-refractivity contribution in [2.45, 2.75) is 38.4 Å². The average Bonchev–Trinajstić information content (AvgIpc) is 3.16. The van der Waals surface area contributed by atoms with Crippen LogP contribution in [0.5, 0.6) is 0 Å². The lowest BCUT2D eigenvalue weighted by molar-refractivity contribution is 0.171. The van der Waals surface area contributed by atoms with Crippen LogP contribution in [0.25, 0.3) is 0 Å². The maximum absolute atomic E-state index is 5.26. The summed E-state index contributed by atoms with van der Waals surface area (Å²) in [4.78, 5) is 7.00. The molecular weight excluding hydrogens is 274 g/mol. The van der Waals surface area contributed by atoms with Gasteiger partial charge in [0.25, 0.3) is 0 Å². The first-order valence-corrected chi connectivity index (χ1v) is 8.05. The first kappa shape index (κ1) is 15.7. The van der Waals surface area contributed by atoms with Gasteiger partial charge in [0.2, 0.25) is 0 Å². The van der Waals surface area contributed by atoms with E-state index in [0.717, 1.165) is 30.0 Å². The summed E-state index contributed by atoms with van der Waals surface area (Å²) in [5.74, 6) is 0. The number of methoxy groups -OCH3 is 2. The van der Waals surface area contributed by atoms with Crippen molar-refractivity contribution in [3.63, 3.8) is 0 Å². The molecule has 1 unspecified atom stereocenters. The Hall–Kier alpha value is -0.690. The quantitative estimate of drug-likeness (QED) is 0.715. The van der Waals surface area contributed by atoms with Gasteiger partial charge in [0, 0.05) is 38.7 Å². The van der Waals surface area contributed by atoms with Crippen molar-refractivity contribution in [3.8, 4) is 0 Å². The topological polar surface area (TPSA) is 46.6 Å². The molecule has 0 radical (unpaired) electrons. The van der Waals surface area contributed by atoms with E-state index in [-0.39, 0.29) is 0 Å². The van der Waals surface area contributed by atoms with Crippen LogP contribution < -0.4 is 10.2 Å². The summed E-state index contributed by atoms with van der Waals surface area (Å²) >= 11 is 1.70. The molecule has 1 saturated carbocycles. The summed E-state index contributed by atoms with van der Waals surface area (Å²) in [5.41, 5.74) is 1.13. The molecule has 1 aliphatic carbocycles. The van der Waals surface area contributed by atoms with Crippen LogP contribution in [0.3, 0.4) is 0 Å². The molecule has 0 aromatic carbocycles. The molecule has 0 bridgehead atoms. The van der Waals surface area contributed by atoms with E-state index in [0.29, 0.717) is 19.3 Å². The first-order valence-electron chi connectivity index (χ1n) is 7.17. The highest BCUT2D eigenvalue weighted by Gasteiger charge is 2.21. The van der Waals surface area contributed by atoms with E-state index in [1.165, 1.54) is 12.8 Å². The maximum atomic E-state index is 5.26. The van der Waals surface area contributed by atoms with Gasteiger partial charge in [-0.25, -0.2) is 4.98 Å². The van der Waals surface area contributed by atoms with Crippen LogP contribution in [-0.4, -0.2) is 51.0 Å². The fourth-order valence-electron chi connectivity index (χ4n) is 2.07. The fourth-order valence-corrected chi connectivity index (χ4v) is 3.03. The third-order valence-electron chi connectivity index (χ3n) is 3.41. The Morgan fingerprint density at radius 3 is 2.90 bits per heavy atom. The van der Waals surface area contributed by atoms with Crippen LogP contribution in [-0.2, 0) is 16.0 Å². The number of rotatable bonds is 10. The van der Waals surface area contributed by atoms with E-state index in [1.807, 2.05) is 0 Å². The molecule has 0 spiro atoms. The fraction of sp³-hybridized carbons (Fsp3) is 0.786. The Morgan fingerprint density at radius 2 is 2.25 bits per heavy atom. The minimum atomic E-state index is 0.297. The molecule has 1 atom stereocenters. The standard InChI is InChI=1S/C14H25N3O2S/c1-11(9-19-3)17(6-7-18-2)14-16-13(10-20-14)8-15-12-4-5-12/h10-12,15H,4-9H2,1-3H3. The smallest absolute Gasteiger partial charge is 0.185 e. The zero-order valence-electron chi connectivity index (χ0n) is 12.6. The van der Waals surface area contributed by atoms with Gasteiger partial charge in [0.1, 0.15) is 0 Å². The highest BCUT2D eigenvalue weighted by Crippen LogP contribution is 2.24. The molecule has 1 aromatic heterocycles. The Balaban J connectivity index is 1.94. The van der Waals surface area contributed by atoms with Gasteiger partial charge in [-0.2, -0.15) is 0 Å². The molecule has 1 aromatic rings. The van der Waals surface area contributed by atoms with Gasteiger partial charge in [0.05, 0.1) is 24.9 Å². The second kappa shape index (κ2) is 7.93. The summed E-state index contributed by atoms with van der Waals surface area (Å²) < 4.78 is 10.5. The monoisotopic (exact) mass is 299 g/mol. The largest absolute Gasteiger partial charge is 0.383 e. The van der Waals surface area contributed by atoms with Gasteiger partial charge >= 0.3 is 0 Å². The summed E-state index contributed by atoms with van der Waals surface area (Å²) in [6.07, 6.45) is 2.61. The molecule has 0 saturated heterocycles. The number of nitrogens with one attached hydrogen (secondary N) is 1. The lowest BCUT2D eigenvalue weighted by atomic mass is 10.3. The van der Waals surface area contributed by atoms with Crippen LogP contribution in [0, 0.1) is 0 Å². The van der Waals surface area contributed by atoms with Crippen LogP contribution in [0.2, 0.25) is 0 Å². The molecule has 6 heteroatoms. The van der Waals surface area contributed by atoms with E-state index < -0.39 is 0 Å². The molecule has 1 fully saturated rings. The van der Waals surface area contributed by atoms with Crippen molar-refractivity contribution in [1.82, 2.24) is 10.3 Å². The Kier molecular flexibility index (Phi) is 6.22. The first-order chi connectivity index (χ1) is 9.74. The van der Waals surface area contributed by atoms with E-state index in [2.05, 4.69) is 22.5 Å². The molecule has 1 N–H and O–H groups in total. The van der Waals surface area contributed by atoms with Crippen LogP contribution in [0.1, 0.15) is 25.5 Å². The van der Waals surface area contributed by atoms with Crippen molar-refractivity contribution < 1.29 is 9.47 Å². The molecule has 2 rings (SSSR count). The molecule has 5 nitrogen and oxygen atoms in total.